The zero-order valence-electron chi connectivity index (χ0n) is 17.1. The van der Waals surface area contributed by atoms with Gasteiger partial charge >= 0.3 is 0 Å². The summed E-state index contributed by atoms with van der Waals surface area (Å²) in [6.07, 6.45) is 0. The molecule has 0 bridgehead atoms. The number of rotatable bonds is 6. The summed E-state index contributed by atoms with van der Waals surface area (Å²) in [5.74, 6) is 1.40. The van der Waals surface area contributed by atoms with Gasteiger partial charge in [-0.05, 0) is 23.6 Å². The van der Waals surface area contributed by atoms with Crippen LogP contribution in [0.4, 0.5) is 5.69 Å². The fraction of sp³-hybridized carbons (Fsp3) is 0.364. The molecule has 1 amide bonds. The van der Waals surface area contributed by atoms with Crippen LogP contribution < -0.4 is 14.8 Å². The smallest absolute Gasteiger partial charge is 0.238 e. The van der Waals surface area contributed by atoms with Crippen LogP contribution in [0.2, 0.25) is 0 Å². The minimum atomic E-state index is -0.00867. The van der Waals surface area contributed by atoms with Crippen LogP contribution in [0.1, 0.15) is 5.01 Å². The van der Waals surface area contributed by atoms with Crippen LogP contribution >= 0.6 is 22.7 Å². The van der Waals surface area contributed by atoms with Crippen molar-refractivity contribution in [3.8, 4) is 22.1 Å². The van der Waals surface area contributed by atoms with Gasteiger partial charge in [-0.2, -0.15) is 0 Å². The molecule has 9 heteroatoms. The molecule has 1 aromatic carbocycles. The van der Waals surface area contributed by atoms with Crippen LogP contribution in [0.15, 0.2) is 41.1 Å². The molecule has 5 rings (SSSR count). The van der Waals surface area contributed by atoms with E-state index in [-0.39, 0.29) is 5.91 Å². The van der Waals surface area contributed by atoms with Crippen molar-refractivity contribution in [2.45, 2.75) is 6.54 Å². The van der Waals surface area contributed by atoms with Crippen molar-refractivity contribution < 1.29 is 14.3 Å². The Balaban J connectivity index is 1.08. The van der Waals surface area contributed by atoms with Crippen molar-refractivity contribution in [3.63, 3.8) is 0 Å². The van der Waals surface area contributed by atoms with E-state index in [1.54, 1.807) is 22.7 Å². The predicted octanol–water partition coefficient (Wildman–Crippen LogP) is 3.40. The molecular weight excluding hydrogens is 432 g/mol. The predicted molar refractivity (Wildman–Crippen MR) is 123 cm³/mol. The van der Waals surface area contributed by atoms with Gasteiger partial charge in [0.05, 0.1) is 23.7 Å². The number of aromatic nitrogens is 1. The van der Waals surface area contributed by atoms with E-state index in [9.17, 15) is 4.79 Å². The molecule has 1 saturated heterocycles. The zero-order valence-corrected chi connectivity index (χ0v) is 18.7. The second-order valence-electron chi connectivity index (χ2n) is 7.56. The number of piperazine rings is 1. The average molecular weight is 457 g/mol. The lowest BCUT2D eigenvalue weighted by Gasteiger charge is -2.33. The van der Waals surface area contributed by atoms with Crippen molar-refractivity contribution >= 4 is 34.3 Å². The highest BCUT2D eigenvalue weighted by atomic mass is 32.1. The van der Waals surface area contributed by atoms with Crippen LogP contribution in [0.25, 0.3) is 10.6 Å². The fourth-order valence-corrected chi connectivity index (χ4v) is 5.34. The molecule has 2 aliphatic heterocycles. The summed E-state index contributed by atoms with van der Waals surface area (Å²) in [4.78, 5) is 23.1. The van der Waals surface area contributed by atoms with E-state index in [1.807, 2.05) is 18.2 Å². The van der Waals surface area contributed by atoms with Gasteiger partial charge in [0.15, 0.2) is 11.5 Å². The number of nitrogens with zero attached hydrogens (tertiary/aromatic N) is 3. The molecule has 0 unspecified atom stereocenters. The SMILES string of the molecule is O=C(CN1CCN(Cc2nc(-c3cccs3)cs2)CC1)Nc1ccc2c(c1)OCCO2. The van der Waals surface area contributed by atoms with Crippen molar-refractivity contribution in [2.24, 2.45) is 0 Å². The number of hydrogen-bond acceptors (Lipinski definition) is 8. The first-order chi connectivity index (χ1) is 15.2. The highest BCUT2D eigenvalue weighted by Crippen LogP contribution is 2.32. The maximum Gasteiger partial charge on any atom is 0.238 e. The number of fused-ring (bicyclic) bond motifs is 1. The summed E-state index contributed by atoms with van der Waals surface area (Å²) in [6.45, 7) is 5.97. The molecule has 1 fully saturated rings. The van der Waals surface area contributed by atoms with Crippen LogP contribution in [0.3, 0.4) is 0 Å². The molecular formula is C22H24N4O3S2. The van der Waals surface area contributed by atoms with Gasteiger partial charge in [-0.25, -0.2) is 4.98 Å². The number of carbonyl (C=O) groups is 1. The Kier molecular flexibility index (Phi) is 6.17. The summed E-state index contributed by atoms with van der Waals surface area (Å²) in [5.41, 5.74) is 1.81. The maximum absolute atomic E-state index is 12.5. The molecule has 162 valence electrons. The van der Waals surface area contributed by atoms with Gasteiger partial charge < -0.3 is 14.8 Å². The van der Waals surface area contributed by atoms with Crippen LogP contribution in [0, 0.1) is 0 Å². The quantitative estimate of drug-likeness (QED) is 0.613. The lowest BCUT2D eigenvalue weighted by molar-refractivity contribution is -0.117. The number of amides is 1. The topological polar surface area (TPSA) is 66.9 Å². The molecule has 3 aromatic rings. The number of ether oxygens (including phenoxy) is 2. The Bertz CT molecular complexity index is 1030. The molecule has 0 spiro atoms. The minimum absolute atomic E-state index is 0.00867. The Morgan fingerprint density at radius 1 is 1.03 bits per heavy atom. The summed E-state index contributed by atoms with van der Waals surface area (Å²) in [7, 11) is 0. The van der Waals surface area contributed by atoms with Crippen molar-refractivity contribution in [3.05, 3.63) is 46.1 Å². The summed E-state index contributed by atoms with van der Waals surface area (Å²) >= 11 is 3.44. The van der Waals surface area contributed by atoms with E-state index >= 15 is 0 Å². The number of hydrogen-bond donors (Lipinski definition) is 1. The Labute approximate surface area is 189 Å². The van der Waals surface area contributed by atoms with E-state index in [0.717, 1.165) is 54.9 Å². The summed E-state index contributed by atoms with van der Waals surface area (Å²) in [5, 5.41) is 8.34. The van der Waals surface area contributed by atoms with Crippen molar-refractivity contribution in [1.82, 2.24) is 14.8 Å². The lowest BCUT2D eigenvalue weighted by atomic mass is 10.2. The number of benzene rings is 1. The van der Waals surface area contributed by atoms with E-state index in [1.165, 1.54) is 4.88 Å². The van der Waals surface area contributed by atoms with Gasteiger partial charge in [-0.15, -0.1) is 22.7 Å². The number of thiophene rings is 1. The molecule has 2 aliphatic rings. The largest absolute Gasteiger partial charge is 0.486 e. The first kappa shape index (κ1) is 20.4. The second kappa shape index (κ2) is 9.35. The van der Waals surface area contributed by atoms with Crippen LogP contribution in [-0.4, -0.2) is 66.6 Å². The summed E-state index contributed by atoms with van der Waals surface area (Å²) < 4.78 is 11.1. The Hall–Kier alpha value is -2.46. The van der Waals surface area contributed by atoms with Crippen molar-refractivity contribution in [1.29, 1.82) is 0 Å². The number of carbonyl (C=O) groups excluding carboxylic acids is 1. The molecule has 0 aliphatic carbocycles. The first-order valence-corrected chi connectivity index (χ1v) is 12.1. The van der Waals surface area contributed by atoms with Gasteiger partial charge in [-0.3, -0.25) is 14.6 Å². The molecule has 31 heavy (non-hydrogen) atoms. The Morgan fingerprint density at radius 3 is 2.65 bits per heavy atom. The molecule has 0 atom stereocenters. The fourth-order valence-electron chi connectivity index (χ4n) is 3.74. The van der Waals surface area contributed by atoms with Gasteiger partial charge in [0, 0.05) is 43.3 Å². The van der Waals surface area contributed by atoms with Gasteiger partial charge in [0.2, 0.25) is 5.91 Å². The van der Waals surface area contributed by atoms with E-state index in [2.05, 4.69) is 38.0 Å². The molecule has 2 aromatic heterocycles. The van der Waals surface area contributed by atoms with E-state index in [4.69, 9.17) is 14.5 Å². The minimum Gasteiger partial charge on any atom is -0.486 e. The van der Waals surface area contributed by atoms with E-state index in [0.29, 0.717) is 25.5 Å². The highest BCUT2D eigenvalue weighted by Gasteiger charge is 2.20. The maximum atomic E-state index is 12.5. The van der Waals surface area contributed by atoms with Crippen LogP contribution in [-0.2, 0) is 11.3 Å². The monoisotopic (exact) mass is 456 g/mol. The molecule has 7 nitrogen and oxygen atoms in total. The zero-order chi connectivity index (χ0) is 21.0. The molecule has 1 N–H and O–H groups in total. The Morgan fingerprint density at radius 2 is 1.84 bits per heavy atom. The van der Waals surface area contributed by atoms with Crippen molar-refractivity contribution in [2.75, 3.05) is 51.3 Å². The van der Waals surface area contributed by atoms with Crippen LogP contribution in [0.5, 0.6) is 11.5 Å². The van der Waals surface area contributed by atoms with Gasteiger partial charge in [0.1, 0.15) is 18.2 Å². The normalized spacial score (nSPS) is 16.9. The molecule has 4 heterocycles. The molecule has 0 saturated carbocycles. The molecule has 0 radical (unpaired) electrons. The number of nitrogens with one attached hydrogen (secondary N) is 1. The average Bonchev–Trinajstić information content (AvgIpc) is 3.47. The second-order valence-corrected chi connectivity index (χ2v) is 9.45. The highest BCUT2D eigenvalue weighted by molar-refractivity contribution is 7.14. The number of anilines is 1. The standard InChI is InChI=1S/C22H24N4O3S2/c27-21(23-16-3-4-18-19(12-16)29-10-9-28-18)13-25-5-7-26(8-6-25)14-22-24-17(15-31-22)20-2-1-11-30-20/h1-4,11-12,15H,5-10,13-14H2,(H,23,27). The third kappa shape index (κ3) is 5.07. The summed E-state index contributed by atoms with van der Waals surface area (Å²) in [6, 6.07) is 9.68. The van der Waals surface area contributed by atoms with E-state index < -0.39 is 0 Å². The number of thiazole rings is 1. The third-order valence-electron chi connectivity index (χ3n) is 5.34. The third-order valence-corrected chi connectivity index (χ3v) is 7.07. The van der Waals surface area contributed by atoms with Gasteiger partial charge in [0.25, 0.3) is 0 Å². The van der Waals surface area contributed by atoms with Gasteiger partial charge in [-0.1, -0.05) is 6.07 Å². The first-order valence-electron chi connectivity index (χ1n) is 10.4. The lowest BCUT2D eigenvalue weighted by Crippen LogP contribution is -2.48.